The number of aromatic nitrogens is 2. The maximum absolute atomic E-state index is 13.1. The lowest BCUT2D eigenvalue weighted by atomic mass is 10.2. The van der Waals surface area contributed by atoms with Gasteiger partial charge < -0.3 is 9.80 Å². The molecule has 2 fully saturated rings. The summed E-state index contributed by atoms with van der Waals surface area (Å²) in [6.07, 6.45) is 3.09. The van der Waals surface area contributed by atoms with Crippen molar-refractivity contribution >= 4 is 23.3 Å². The molecule has 0 atom stereocenters. The average Bonchev–Trinajstić information content (AvgIpc) is 3.48. The Bertz CT molecular complexity index is 810. The van der Waals surface area contributed by atoms with Crippen molar-refractivity contribution in [3.63, 3.8) is 0 Å². The summed E-state index contributed by atoms with van der Waals surface area (Å²) < 4.78 is 13.1. The molecule has 7 heteroatoms. The molecular weight excluding hydrogens is 355 g/mol. The first kappa shape index (κ1) is 17.2. The van der Waals surface area contributed by atoms with Gasteiger partial charge >= 0.3 is 0 Å². The van der Waals surface area contributed by atoms with Crippen LogP contribution in [0, 0.1) is 5.82 Å². The van der Waals surface area contributed by atoms with Crippen LogP contribution < -0.4 is 4.90 Å². The van der Waals surface area contributed by atoms with Gasteiger partial charge in [0, 0.05) is 43.7 Å². The van der Waals surface area contributed by atoms with E-state index in [1.165, 1.54) is 24.3 Å². The van der Waals surface area contributed by atoms with Gasteiger partial charge in [-0.3, -0.25) is 4.79 Å². The molecule has 4 rings (SSSR count). The Balaban J connectivity index is 1.46. The first-order valence-corrected chi connectivity index (χ1v) is 9.32. The molecule has 26 heavy (non-hydrogen) atoms. The Labute approximate surface area is 156 Å². The molecule has 0 radical (unpaired) electrons. The smallest absolute Gasteiger partial charge is 0.253 e. The Morgan fingerprint density at radius 3 is 2.58 bits per heavy atom. The Morgan fingerprint density at radius 2 is 1.85 bits per heavy atom. The van der Waals surface area contributed by atoms with Gasteiger partial charge in [0.1, 0.15) is 22.6 Å². The van der Waals surface area contributed by atoms with Crippen LogP contribution in [0.15, 0.2) is 30.3 Å². The zero-order valence-corrected chi connectivity index (χ0v) is 15.1. The minimum Gasteiger partial charge on any atom is -0.355 e. The third-order valence-corrected chi connectivity index (χ3v) is 5.03. The summed E-state index contributed by atoms with van der Waals surface area (Å²) in [4.78, 5) is 25.7. The number of carbonyl (C=O) groups excluding carboxylic acids is 1. The highest BCUT2D eigenvalue weighted by Crippen LogP contribution is 2.39. The lowest BCUT2D eigenvalue weighted by Gasteiger charge is -2.23. The van der Waals surface area contributed by atoms with Gasteiger partial charge in [-0.2, -0.15) is 0 Å². The fourth-order valence-electron chi connectivity index (χ4n) is 3.23. The number of halogens is 2. The van der Waals surface area contributed by atoms with Crippen LogP contribution in [0.3, 0.4) is 0 Å². The van der Waals surface area contributed by atoms with Gasteiger partial charge in [-0.1, -0.05) is 11.6 Å². The van der Waals surface area contributed by atoms with E-state index in [9.17, 15) is 9.18 Å². The number of nitrogens with zero attached hydrogens (tertiary/aromatic N) is 4. The lowest BCUT2D eigenvalue weighted by molar-refractivity contribution is 0.0767. The van der Waals surface area contributed by atoms with Crippen molar-refractivity contribution in [2.45, 2.75) is 25.2 Å². The largest absolute Gasteiger partial charge is 0.355 e. The fraction of sp³-hybridized carbons (Fsp3) is 0.421. The Morgan fingerprint density at radius 1 is 1.08 bits per heavy atom. The molecule has 0 unspecified atom stereocenters. The normalized spacial score (nSPS) is 17.9. The molecule has 1 aromatic heterocycles. The maximum Gasteiger partial charge on any atom is 0.253 e. The number of rotatable bonds is 3. The number of hydrogen-bond donors (Lipinski definition) is 0. The van der Waals surface area contributed by atoms with Crippen LogP contribution in [0.1, 0.15) is 41.4 Å². The second-order valence-electron chi connectivity index (χ2n) is 6.82. The van der Waals surface area contributed by atoms with E-state index in [2.05, 4.69) is 14.9 Å². The first-order chi connectivity index (χ1) is 12.6. The van der Waals surface area contributed by atoms with Crippen LogP contribution in [0.5, 0.6) is 0 Å². The van der Waals surface area contributed by atoms with Gasteiger partial charge in [0.15, 0.2) is 0 Å². The molecule has 0 N–H and O–H groups in total. The van der Waals surface area contributed by atoms with E-state index in [0.717, 1.165) is 37.4 Å². The van der Waals surface area contributed by atoms with Crippen LogP contribution in [-0.4, -0.2) is 47.0 Å². The molecule has 1 aromatic carbocycles. The molecule has 0 spiro atoms. The predicted molar refractivity (Wildman–Crippen MR) is 98.2 cm³/mol. The molecular formula is C19H20ClFN4O. The standard InChI is InChI=1S/C19H20ClFN4O/c20-16-12-17(23-18(22-16)13-2-3-13)24-8-1-9-25(11-10-24)19(26)14-4-6-15(21)7-5-14/h4-7,12-13H,1-3,8-11H2. The van der Waals surface area contributed by atoms with Gasteiger partial charge in [-0.15, -0.1) is 0 Å². The van der Waals surface area contributed by atoms with Gasteiger partial charge in [-0.25, -0.2) is 14.4 Å². The topological polar surface area (TPSA) is 49.3 Å². The minimum atomic E-state index is -0.337. The van der Waals surface area contributed by atoms with Crippen LogP contribution in [0.2, 0.25) is 5.15 Å². The van der Waals surface area contributed by atoms with E-state index in [1.807, 2.05) is 4.90 Å². The highest BCUT2D eigenvalue weighted by Gasteiger charge is 2.28. The highest BCUT2D eigenvalue weighted by molar-refractivity contribution is 6.29. The number of hydrogen-bond acceptors (Lipinski definition) is 4. The second kappa shape index (κ2) is 7.19. The molecule has 2 aromatic rings. The molecule has 2 heterocycles. The summed E-state index contributed by atoms with van der Waals surface area (Å²) in [6, 6.07) is 7.50. The van der Waals surface area contributed by atoms with Crippen molar-refractivity contribution in [1.29, 1.82) is 0 Å². The molecule has 1 amide bonds. The van der Waals surface area contributed by atoms with Crippen molar-refractivity contribution in [2.75, 3.05) is 31.1 Å². The van der Waals surface area contributed by atoms with Crippen LogP contribution in [-0.2, 0) is 0 Å². The molecule has 1 aliphatic carbocycles. The Kier molecular flexibility index (Phi) is 4.76. The van der Waals surface area contributed by atoms with E-state index >= 15 is 0 Å². The van der Waals surface area contributed by atoms with Crippen molar-refractivity contribution < 1.29 is 9.18 Å². The fourth-order valence-corrected chi connectivity index (χ4v) is 3.42. The zero-order chi connectivity index (χ0) is 18.1. The molecule has 1 saturated heterocycles. The van der Waals surface area contributed by atoms with E-state index in [0.29, 0.717) is 36.3 Å². The molecule has 2 aliphatic rings. The number of anilines is 1. The van der Waals surface area contributed by atoms with E-state index < -0.39 is 0 Å². The van der Waals surface area contributed by atoms with Crippen molar-refractivity contribution in [3.05, 3.63) is 52.7 Å². The summed E-state index contributed by atoms with van der Waals surface area (Å²) in [5, 5.41) is 0.473. The molecule has 136 valence electrons. The third kappa shape index (κ3) is 3.80. The van der Waals surface area contributed by atoms with Gasteiger partial charge in [0.05, 0.1) is 0 Å². The predicted octanol–water partition coefficient (Wildman–Crippen LogP) is 3.50. The summed E-state index contributed by atoms with van der Waals surface area (Å²) in [6.45, 7) is 2.76. The zero-order valence-electron chi connectivity index (χ0n) is 14.4. The lowest BCUT2D eigenvalue weighted by Crippen LogP contribution is -2.35. The maximum atomic E-state index is 13.1. The Hall–Kier alpha value is -2.21. The number of amides is 1. The summed E-state index contributed by atoms with van der Waals surface area (Å²) in [5.74, 6) is 1.71. The monoisotopic (exact) mass is 374 g/mol. The molecule has 1 saturated carbocycles. The average molecular weight is 375 g/mol. The summed E-state index contributed by atoms with van der Waals surface area (Å²) in [7, 11) is 0. The van der Waals surface area contributed by atoms with Gasteiger partial charge in [-0.05, 0) is 43.5 Å². The number of benzene rings is 1. The summed E-state index contributed by atoms with van der Waals surface area (Å²) in [5.41, 5.74) is 0.515. The molecule has 0 bridgehead atoms. The van der Waals surface area contributed by atoms with Crippen molar-refractivity contribution in [1.82, 2.24) is 14.9 Å². The third-order valence-electron chi connectivity index (χ3n) is 4.84. The van der Waals surface area contributed by atoms with Gasteiger partial charge in [0.2, 0.25) is 0 Å². The highest BCUT2D eigenvalue weighted by atomic mass is 35.5. The van der Waals surface area contributed by atoms with Crippen LogP contribution >= 0.6 is 11.6 Å². The van der Waals surface area contributed by atoms with E-state index in [-0.39, 0.29) is 11.7 Å². The molecule has 1 aliphatic heterocycles. The summed E-state index contributed by atoms with van der Waals surface area (Å²) >= 11 is 6.18. The molecule has 5 nitrogen and oxygen atoms in total. The minimum absolute atomic E-state index is 0.0637. The number of carbonyl (C=O) groups is 1. The van der Waals surface area contributed by atoms with Gasteiger partial charge in [0.25, 0.3) is 5.91 Å². The first-order valence-electron chi connectivity index (χ1n) is 8.94. The van der Waals surface area contributed by atoms with Crippen molar-refractivity contribution in [3.8, 4) is 0 Å². The SMILES string of the molecule is O=C(c1ccc(F)cc1)N1CCCN(c2cc(Cl)nc(C3CC3)n2)CC1. The second-order valence-corrected chi connectivity index (χ2v) is 7.21. The van der Waals surface area contributed by atoms with E-state index in [4.69, 9.17) is 11.6 Å². The van der Waals surface area contributed by atoms with Crippen LogP contribution in [0.4, 0.5) is 10.2 Å². The van der Waals surface area contributed by atoms with E-state index in [1.54, 1.807) is 6.07 Å². The van der Waals surface area contributed by atoms with Crippen molar-refractivity contribution in [2.24, 2.45) is 0 Å². The van der Waals surface area contributed by atoms with Crippen LogP contribution in [0.25, 0.3) is 0 Å². The quantitative estimate of drug-likeness (QED) is 0.771.